The third-order valence-corrected chi connectivity index (χ3v) is 5.67. The number of rotatable bonds is 3. The van der Waals surface area contributed by atoms with Gasteiger partial charge in [-0.15, -0.1) is 0 Å². The van der Waals surface area contributed by atoms with E-state index in [-0.39, 0.29) is 23.6 Å². The molecule has 1 aromatic rings. The molecule has 1 atom stereocenters. The minimum Gasteiger partial charge on any atom is -0.339 e. The van der Waals surface area contributed by atoms with Gasteiger partial charge < -0.3 is 14.7 Å². The minimum atomic E-state index is -0.206. The van der Waals surface area contributed by atoms with Gasteiger partial charge in [0.15, 0.2) is 0 Å². The minimum absolute atomic E-state index is 0.0213. The standard InChI is InChI=1S/C20H25N3O3/c1-14-2-4-15(5-3-14)19(25)21-8-10-22(11-9-21)20(26)16-12-18(24)23(13-16)17-6-7-17/h2-5,16-17H,6-13H2,1H3. The highest BCUT2D eigenvalue weighted by Gasteiger charge is 2.43. The third-order valence-electron chi connectivity index (χ3n) is 5.67. The van der Waals surface area contributed by atoms with Crippen molar-refractivity contribution >= 4 is 17.7 Å². The van der Waals surface area contributed by atoms with Gasteiger partial charge in [-0.25, -0.2) is 0 Å². The number of benzene rings is 1. The van der Waals surface area contributed by atoms with Crippen LogP contribution in [0.2, 0.25) is 0 Å². The molecule has 1 unspecified atom stereocenters. The van der Waals surface area contributed by atoms with E-state index in [1.165, 1.54) is 0 Å². The number of likely N-dealkylation sites (tertiary alicyclic amines) is 1. The second kappa shape index (κ2) is 6.74. The van der Waals surface area contributed by atoms with E-state index in [0.29, 0.717) is 50.7 Å². The van der Waals surface area contributed by atoms with Crippen LogP contribution in [0.1, 0.15) is 35.2 Å². The van der Waals surface area contributed by atoms with Gasteiger partial charge in [-0.3, -0.25) is 14.4 Å². The Morgan fingerprint density at radius 2 is 1.58 bits per heavy atom. The lowest BCUT2D eigenvalue weighted by atomic mass is 10.1. The van der Waals surface area contributed by atoms with Gasteiger partial charge in [0, 0.05) is 50.7 Å². The maximum atomic E-state index is 12.8. The smallest absolute Gasteiger partial charge is 0.253 e. The zero-order chi connectivity index (χ0) is 18.3. The molecular formula is C20H25N3O3. The molecule has 138 valence electrons. The SMILES string of the molecule is Cc1ccc(C(=O)N2CCN(C(=O)C3CC(=O)N(C4CC4)C3)CC2)cc1. The van der Waals surface area contributed by atoms with Crippen molar-refractivity contribution in [3.63, 3.8) is 0 Å². The summed E-state index contributed by atoms with van der Waals surface area (Å²) in [5, 5.41) is 0. The normalized spacial score (nSPS) is 23.5. The zero-order valence-corrected chi connectivity index (χ0v) is 15.2. The summed E-state index contributed by atoms with van der Waals surface area (Å²) in [5.41, 5.74) is 1.82. The molecule has 3 amide bonds. The second-order valence-electron chi connectivity index (χ2n) is 7.66. The van der Waals surface area contributed by atoms with Crippen molar-refractivity contribution < 1.29 is 14.4 Å². The maximum Gasteiger partial charge on any atom is 0.253 e. The fraction of sp³-hybridized carbons (Fsp3) is 0.550. The summed E-state index contributed by atoms with van der Waals surface area (Å²) >= 11 is 0. The molecule has 6 nitrogen and oxygen atoms in total. The van der Waals surface area contributed by atoms with Crippen LogP contribution in [0.25, 0.3) is 0 Å². The summed E-state index contributed by atoms with van der Waals surface area (Å²) in [6, 6.07) is 7.97. The Hall–Kier alpha value is -2.37. The molecule has 4 rings (SSSR count). The summed E-state index contributed by atoms with van der Waals surface area (Å²) in [7, 11) is 0. The van der Waals surface area contributed by atoms with Crippen LogP contribution in [0.15, 0.2) is 24.3 Å². The number of carbonyl (C=O) groups excluding carboxylic acids is 3. The van der Waals surface area contributed by atoms with Crippen LogP contribution in [0.5, 0.6) is 0 Å². The summed E-state index contributed by atoms with van der Waals surface area (Å²) in [4.78, 5) is 42.9. The van der Waals surface area contributed by atoms with Crippen LogP contribution in [-0.2, 0) is 9.59 Å². The molecule has 1 aliphatic carbocycles. The van der Waals surface area contributed by atoms with E-state index in [0.717, 1.165) is 18.4 Å². The number of carbonyl (C=O) groups is 3. The third kappa shape index (κ3) is 3.32. The zero-order valence-electron chi connectivity index (χ0n) is 15.2. The molecule has 0 aromatic heterocycles. The van der Waals surface area contributed by atoms with Gasteiger partial charge >= 0.3 is 0 Å². The maximum absolute atomic E-state index is 12.8. The van der Waals surface area contributed by atoms with Crippen molar-refractivity contribution in [3.8, 4) is 0 Å². The van der Waals surface area contributed by atoms with E-state index in [2.05, 4.69) is 0 Å². The van der Waals surface area contributed by atoms with Crippen molar-refractivity contribution in [2.24, 2.45) is 5.92 Å². The van der Waals surface area contributed by atoms with Gasteiger partial charge in [-0.1, -0.05) is 17.7 Å². The van der Waals surface area contributed by atoms with E-state index < -0.39 is 0 Å². The summed E-state index contributed by atoms with van der Waals surface area (Å²) in [6.07, 6.45) is 2.50. The molecule has 0 N–H and O–H groups in total. The Labute approximate surface area is 153 Å². The molecular weight excluding hydrogens is 330 g/mol. The Kier molecular flexibility index (Phi) is 4.42. The first kappa shape index (κ1) is 17.1. The van der Waals surface area contributed by atoms with Crippen LogP contribution < -0.4 is 0 Å². The molecule has 26 heavy (non-hydrogen) atoms. The number of hydrogen-bond acceptors (Lipinski definition) is 3. The first-order valence-electron chi connectivity index (χ1n) is 9.47. The second-order valence-corrected chi connectivity index (χ2v) is 7.66. The average Bonchev–Trinajstić information content (AvgIpc) is 3.43. The molecule has 3 aliphatic rings. The lowest BCUT2D eigenvalue weighted by molar-refractivity contribution is -0.137. The van der Waals surface area contributed by atoms with E-state index in [1.807, 2.05) is 45.9 Å². The molecule has 2 saturated heterocycles. The van der Waals surface area contributed by atoms with Gasteiger partial charge in [0.05, 0.1) is 5.92 Å². The molecule has 2 aliphatic heterocycles. The van der Waals surface area contributed by atoms with Gasteiger partial charge in [-0.05, 0) is 31.9 Å². The summed E-state index contributed by atoms with van der Waals surface area (Å²) in [6.45, 7) is 4.76. The lowest BCUT2D eigenvalue weighted by Crippen LogP contribution is -2.52. The molecule has 2 heterocycles. The lowest BCUT2D eigenvalue weighted by Gasteiger charge is -2.36. The van der Waals surface area contributed by atoms with E-state index in [1.54, 1.807) is 0 Å². The highest BCUT2D eigenvalue weighted by Crippen LogP contribution is 2.33. The highest BCUT2D eigenvalue weighted by atomic mass is 16.2. The predicted molar refractivity (Wildman–Crippen MR) is 96.5 cm³/mol. The number of aryl methyl sites for hydroxylation is 1. The molecule has 0 bridgehead atoms. The van der Waals surface area contributed by atoms with Crippen LogP contribution in [0, 0.1) is 12.8 Å². The number of nitrogens with zero attached hydrogens (tertiary/aromatic N) is 3. The number of piperazine rings is 1. The first-order chi connectivity index (χ1) is 12.5. The van der Waals surface area contributed by atoms with E-state index >= 15 is 0 Å². The topological polar surface area (TPSA) is 60.9 Å². The molecule has 6 heteroatoms. The Bertz CT molecular complexity index is 718. The summed E-state index contributed by atoms with van der Waals surface area (Å²) in [5.74, 6) is 0.0125. The Morgan fingerprint density at radius 1 is 0.962 bits per heavy atom. The van der Waals surface area contributed by atoms with Crippen LogP contribution in [0.3, 0.4) is 0 Å². The largest absolute Gasteiger partial charge is 0.339 e. The monoisotopic (exact) mass is 355 g/mol. The molecule has 0 spiro atoms. The fourth-order valence-electron chi connectivity index (χ4n) is 3.90. The molecule has 3 fully saturated rings. The van der Waals surface area contributed by atoms with Crippen molar-refractivity contribution in [2.75, 3.05) is 32.7 Å². The van der Waals surface area contributed by atoms with Gasteiger partial charge in [0.2, 0.25) is 11.8 Å². The van der Waals surface area contributed by atoms with Crippen LogP contribution >= 0.6 is 0 Å². The molecule has 1 saturated carbocycles. The van der Waals surface area contributed by atoms with Gasteiger partial charge in [0.1, 0.15) is 0 Å². The average molecular weight is 355 g/mol. The Balaban J connectivity index is 1.32. The van der Waals surface area contributed by atoms with E-state index in [4.69, 9.17) is 0 Å². The quantitative estimate of drug-likeness (QED) is 0.821. The van der Waals surface area contributed by atoms with Gasteiger partial charge in [0.25, 0.3) is 5.91 Å². The van der Waals surface area contributed by atoms with Crippen molar-refractivity contribution in [1.29, 1.82) is 0 Å². The Morgan fingerprint density at radius 3 is 2.19 bits per heavy atom. The van der Waals surface area contributed by atoms with Gasteiger partial charge in [-0.2, -0.15) is 0 Å². The fourth-order valence-corrected chi connectivity index (χ4v) is 3.90. The highest BCUT2D eigenvalue weighted by molar-refractivity contribution is 5.94. The van der Waals surface area contributed by atoms with E-state index in [9.17, 15) is 14.4 Å². The van der Waals surface area contributed by atoms with Crippen molar-refractivity contribution in [2.45, 2.75) is 32.2 Å². The number of amides is 3. The predicted octanol–water partition coefficient (Wildman–Crippen LogP) is 1.29. The van der Waals surface area contributed by atoms with Crippen molar-refractivity contribution in [1.82, 2.24) is 14.7 Å². The molecule has 0 radical (unpaired) electrons. The summed E-state index contributed by atoms with van der Waals surface area (Å²) < 4.78 is 0. The van der Waals surface area contributed by atoms with Crippen LogP contribution in [-0.4, -0.2) is 71.2 Å². The molecule has 1 aromatic carbocycles. The number of hydrogen-bond donors (Lipinski definition) is 0. The van der Waals surface area contributed by atoms with Crippen LogP contribution in [0.4, 0.5) is 0 Å². The van der Waals surface area contributed by atoms with Crippen molar-refractivity contribution in [3.05, 3.63) is 35.4 Å². The first-order valence-corrected chi connectivity index (χ1v) is 9.47.